The van der Waals surface area contributed by atoms with Crippen molar-refractivity contribution >= 4 is 81.2 Å². The summed E-state index contributed by atoms with van der Waals surface area (Å²) in [6, 6.07) is 9.24. The van der Waals surface area contributed by atoms with Crippen LogP contribution in [0, 0.1) is 0 Å². The molecule has 79 heavy (non-hydrogen) atoms. The Morgan fingerprint density at radius 3 is 1.53 bits per heavy atom. The predicted molar refractivity (Wildman–Crippen MR) is 288 cm³/mol. The third-order valence-electron chi connectivity index (χ3n) is 13.2. The fourth-order valence-electron chi connectivity index (χ4n) is 8.75. The molecule has 3 atom stereocenters. The van der Waals surface area contributed by atoms with Crippen LogP contribution in [0.15, 0.2) is 53.0 Å². The lowest BCUT2D eigenvalue weighted by Crippen LogP contribution is -2.52. The Hall–Kier alpha value is -6.87. The third kappa shape index (κ3) is 27.5. The van der Waals surface area contributed by atoms with Crippen molar-refractivity contribution in [2.75, 3.05) is 78.5 Å². The van der Waals surface area contributed by atoms with Crippen LogP contribution in [-0.2, 0) is 56.2 Å². The molecule has 25 nitrogen and oxygen atoms in total. The number of rotatable bonds is 34. The van der Waals surface area contributed by atoms with Crippen LogP contribution in [0.5, 0.6) is 0 Å². The zero-order chi connectivity index (χ0) is 58.4. The zero-order valence-corrected chi connectivity index (χ0v) is 46.1. The number of carbonyl (C=O) groups is 11. The number of benzene rings is 2. The van der Waals surface area contributed by atoms with Gasteiger partial charge in [-0.3, -0.25) is 53.2 Å². The molecule has 1 heterocycles. The van der Waals surface area contributed by atoms with Crippen LogP contribution in [0.3, 0.4) is 0 Å². The Balaban J connectivity index is 1.49. The molecule has 26 heteroatoms. The normalized spacial score (nSPS) is 15.2. The van der Waals surface area contributed by atoms with Gasteiger partial charge in [0.05, 0.1) is 19.6 Å². The van der Waals surface area contributed by atoms with Crippen molar-refractivity contribution in [1.82, 2.24) is 40.4 Å². The molecule has 1 unspecified atom stereocenters. The van der Waals surface area contributed by atoms with E-state index in [1.807, 2.05) is 24.3 Å². The van der Waals surface area contributed by atoms with E-state index < -0.39 is 65.9 Å². The van der Waals surface area contributed by atoms with Gasteiger partial charge in [0.1, 0.15) is 23.9 Å². The number of carboxylic acid groups (broad SMARTS) is 6. The highest BCUT2D eigenvalue weighted by molar-refractivity contribution is 9.10. The van der Waals surface area contributed by atoms with Gasteiger partial charge in [-0.1, -0.05) is 58.7 Å². The molecule has 0 bridgehead atoms. The second kappa shape index (κ2) is 35.6. The largest absolute Gasteiger partial charge is 0.480 e. The highest BCUT2D eigenvalue weighted by Gasteiger charge is 2.29. The third-order valence-corrected chi connectivity index (χ3v) is 13.7. The number of unbranched alkanes of at least 4 members (excludes halogenated alkanes) is 3. The van der Waals surface area contributed by atoms with Gasteiger partial charge in [0, 0.05) is 108 Å². The molecule has 2 aromatic carbocycles. The van der Waals surface area contributed by atoms with Crippen molar-refractivity contribution in [2.45, 2.75) is 115 Å². The number of urea groups is 1. The van der Waals surface area contributed by atoms with Crippen molar-refractivity contribution in [3.8, 4) is 0 Å². The quantitative estimate of drug-likeness (QED) is 0.0359. The van der Waals surface area contributed by atoms with E-state index in [1.54, 1.807) is 48.8 Å². The number of hydrogen-bond acceptors (Lipinski definition) is 15. The summed E-state index contributed by atoms with van der Waals surface area (Å²) in [4.78, 5) is 143. The molecule has 1 aliphatic rings. The Morgan fingerprint density at radius 2 is 1.04 bits per heavy atom. The van der Waals surface area contributed by atoms with E-state index in [4.69, 9.17) is 0 Å². The van der Waals surface area contributed by atoms with Crippen LogP contribution in [0.4, 0.5) is 4.79 Å². The molecule has 0 aromatic heterocycles. The number of hydrogen-bond donors (Lipinski definition) is 9. The molecule has 3 rings (SSSR count). The van der Waals surface area contributed by atoms with E-state index in [0.717, 1.165) is 10.0 Å². The first-order chi connectivity index (χ1) is 37.5. The molecule has 4 amide bonds. The molecule has 0 aliphatic carbocycles. The SMILES string of the molecule is CC(=O)CC[C@@H](NC(=O)N[C@H](CCCCN(Cc1ccc(Br)cc1)C(=O)CCCCCC(=O)c1ccc(CNC(=O)CCC(C(=O)O)N2CCN(CC(=O)O)CCN(CC(=O)O)CCN(CC(=O)O)CC2)cc1)C(=O)O)C(=O)O. The first-order valence-electron chi connectivity index (χ1n) is 26.2. The van der Waals surface area contributed by atoms with Crippen LogP contribution in [0.1, 0.15) is 105 Å². The zero-order valence-electron chi connectivity index (χ0n) is 44.5. The highest BCUT2D eigenvalue weighted by Crippen LogP contribution is 2.17. The number of carboxylic acids is 6. The van der Waals surface area contributed by atoms with Gasteiger partial charge in [0.15, 0.2) is 5.78 Å². The Morgan fingerprint density at radius 1 is 0.544 bits per heavy atom. The van der Waals surface area contributed by atoms with Crippen LogP contribution >= 0.6 is 15.9 Å². The topological polar surface area (TPSA) is 361 Å². The van der Waals surface area contributed by atoms with E-state index in [-0.39, 0.29) is 141 Å². The average Bonchev–Trinajstić information content (AvgIpc) is 3.38. The van der Waals surface area contributed by atoms with Gasteiger partial charge in [-0.2, -0.15) is 0 Å². The summed E-state index contributed by atoms with van der Waals surface area (Å²) in [6.07, 6.45) is 2.22. The van der Waals surface area contributed by atoms with Crippen molar-refractivity contribution < 1.29 is 83.4 Å². The van der Waals surface area contributed by atoms with Crippen LogP contribution in [0.25, 0.3) is 0 Å². The van der Waals surface area contributed by atoms with Crippen molar-refractivity contribution in [3.05, 3.63) is 69.7 Å². The molecule has 0 spiro atoms. The molecule has 436 valence electrons. The van der Waals surface area contributed by atoms with Gasteiger partial charge in [-0.15, -0.1) is 0 Å². The van der Waals surface area contributed by atoms with Crippen LogP contribution in [0.2, 0.25) is 0 Å². The monoisotopic (exact) mass is 1170 g/mol. The molecule has 1 aliphatic heterocycles. The molecule has 0 saturated carbocycles. The summed E-state index contributed by atoms with van der Waals surface area (Å²) in [7, 11) is 0. The van der Waals surface area contributed by atoms with Gasteiger partial charge in [-0.25, -0.2) is 14.4 Å². The van der Waals surface area contributed by atoms with Gasteiger partial charge in [-0.05, 0) is 75.1 Å². The fourth-order valence-corrected chi connectivity index (χ4v) is 9.02. The number of nitrogens with zero attached hydrogens (tertiary/aromatic N) is 5. The number of Topliss-reactive ketones (excluding diaryl/α,β-unsaturated/α-hetero) is 2. The van der Waals surface area contributed by atoms with Gasteiger partial charge < -0.3 is 56.3 Å². The molecule has 2 aromatic rings. The fraction of sp³-hybridized carbons (Fsp3) is 0.566. The molecule has 9 N–H and O–H groups in total. The Kier molecular flexibility index (Phi) is 29.9. The van der Waals surface area contributed by atoms with E-state index in [1.165, 1.54) is 6.92 Å². The summed E-state index contributed by atoms with van der Waals surface area (Å²) in [5.41, 5.74) is 2.01. The van der Waals surface area contributed by atoms with Gasteiger partial charge in [0.25, 0.3) is 0 Å². The van der Waals surface area contributed by atoms with E-state index in [2.05, 4.69) is 31.9 Å². The van der Waals surface area contributed by atoms with Crippen molar-refractivity contribution in [2.24, 2.45) is 0 Å². The minimum absolute atomic E-state index is 0.00262. The second-order valence-corrected chi connectivity index (χ2v) is 20.4. The number of carbonyl (C=O) groups excluding carboxylic acids is 5. The molecule has 1 fully saturated rings. The maximum atomic E-state index is 13.5. The highest BCUT2D eigenvalue weighted by atomic mass is 79.9. The van der Waals surface area contributed by atoms with E-state index in [9.17, 15) is 83.4 Å². The van der Waals surface area contributed by atoms with Crippen LogP contribution in [-0.4, -0.2) is 217 Å². The summed E-state index contributed by atoms with van der Waals surface area (Å²) in [5.74, 6) is -8.18. The summed E-state index contributed by atoms with van der Waals surface area (Å²) >= 11 is 3.41. The average molecular weight is 1180 g/mol. The lowest BCUT2D eigenvalue weighted by atomic mass is 10.0. The van der Waals surface area contributed by atoms with E-state index >= 15 is 0 Å². The summed E-state index contributed by atoms with van der Waals surface area (Å²) in [6.45, 7) is 1.94. The number of halogens is 1. The second-order valence-electron chi connectivity index (χ2n) is 19.5. The Labute approximate surface area is 466 Å². The standard InChI is InChI=1S/C53H75BrN8O17/c1-36(63)10-19-42(51(75)76)57-53(79)56-41(50(73)74)7-5-6-22-62(32-38-13-17-40(54)18-14-38)46(66)9-4-2-3-8-44(64)39-15-11-37(12-16-39)31-55-45(65)21-20-43(52(77)78)61-29-27-59(34-48(69)70)25-23-58(33-47(67)68)24-26-60(28-30-61)35-49(71)72/h11-18,41-43H,2-10,19-35H2,1H3,(H,55,65)(H,67,68)(H,69,70)(H,71,72)(H,73,74)(H,75,76)(H,77,78)(H2,56,57,79)/t41-,42-,43?/m1/s1. The van der Waals surface area contributed by atoms with Gasteiger partial charge in [0.2, 0.25) is 11.8 Å². The number of aliphatic carboxylic acids is 6. The van der Waals surface area contributed by atoms with Crippen molar-refractivity contribution in [3.63, 3.8) is 0 Å². The smallest absolute Gasteiger partial charge is 0.326 e. The molecule has 1 saturated heterocycles. The van der Waals surface area contributed by atoms with E-state index in [0.29, 0.717) is 56.3 Å². The maximum Gasteiger partial charge on any atom is 0.326 e. The lowest BCUT2D eigenvalue weighted by Gasteiger charge is -2.35. The first kappa shape index (κ1) is 66.4. The predicted octanol–water partition coefficient (Wildman–Crippen LogP) is 2.68. The van der Waals surface area contributed by atoms with Crippen LogP contribution < -0.4 is 16.0 Å². The number of ketones is 2. The number of amides is 4. The Bertz CT molecular complexity index is 2350. The van der Waals surface area contributed by atoms with Crippen molar-refractivity contribution in [1.29, 1.82) is 0 Å². The lowest BCUT2D eigenvalue weighted by molar-refractivity contribution is -0.145. The molecule has 0 radical (unpaired) electrons. The molecular formula is C53H75BrN8O17. The minimum Gasteiger partial charge on any atom is -0.480 e. The maximum absolute atomic E-state index is 13.5. The summed E-state index contributed by atoms with van der Waals surface area (Å²) < 4.78 is 0.859. The first-order valence-corrected chi connectivity index (χ1v) is 27.0. The molecular weight excluding hydrogens is 1100 g/mol. The van der Waals surface area contributed by atoms with Gasteiger partial charge >= 0.3 is 41.8 Å². The summed E-state index contributed by atoms with van der Waals surface area (Å²) in [5, 5.41) is 65.2. The number of nitrogens with one attached hydrogen (secondary N) is 3. The minimum atomic E-state index is -1.38.